The van der Waals surface area contributed by atoms with E-state index in [0.717, 1.165) is 20.4 Å². The average Bonchev–Trinajstić information content (AvgIpc) is 2.77. The number of sulfonamides is 2. The van der Waals surface area contributed by atoms with Crippen LogP contribution in [0, 0.1) is 6.92 Å². The lowest BCUT2D eigenvalue weighted by atomic mass is 10.2. The van der Waals surface area contributed by atoms with E-state index in [1.807, 2.05) is 6.92 Å². The van der Waals surface area contributed by atoms with Crippen LogP contribution in [-0.4, -0.2) is 42.6 Å². The number of hydrogen-bond donors (Lipinski definition) is 1. The molecule has 0 fully saturated rings. The van der Waals surface area contributed by atoms with Gasteiger partial charge in [-0.3, -0.25) is 13.4 Å². The Morgan fingerprint density at radius 1 is 0.941 bits per heavy atom. The van der Waals surface area contributed by atoms with Gasteiger partial charge in [-0.2, -0.15) is 0 Å². The summed E-state index contributed by atoms with van der Waals surface area (Å²) in [5, 5.41) is 2.80. The molecule has 0 aliphatic carbocycles. The van der Waals surface area contributed by atoms with Gasteiger partial charge in [-0.1, -0.05) is 47.5 Å². The fourth-order valence-corrected chi connectivity index (χ4v) is 5.32. The van der Waals surface area contributed by atoms with Crippen LogP contribution in [0.15, 0.2) is 77.7 Å². The van der Waals surface area contributed by atoms with E-state index in [0.29, 0.717) is 11.4 Å². The minimum absolute atomic E-state index is 0.0163. The molecule has 11 heteroatoms. The first-order chi connectivity index (χ1) is 15.9. The molecule has 1 amide bonds. The summed E-state index contributed by atoms with van der Waals surface area (Å²) in [4.78, 5) is 12.9. The van der Waals surface area contributed by atoms with Crippen molar-refractivity contribution in [2.24, 2.45) is 0 Å². The molecule has 3 aromatic rings. The van der Waals surface area contributed by atoms with Gasteiger partial charge in [0, 0.05) is 12.7 Å². The van der Waals surface area contributed by atoms with Crippen LogP contribution in [0.3, 0.4) is 0 Å². The molecular weight excluding hydrogens is 498 g/mol. The molecule has 0 aromatic heterocycles. The number of hydrogen-bond acceptors (Lipinski definition) is 5. The van der Waals surface area contributed by atoms with E-state index < -0.39 is 32.5 Å². The third-order valence-electron chi connectivity index (χ3n) is 5.01. The SMILES string of the molecule is Cc1ccc(S(=O)(=O)N(CC(=O)Nc2cccc(N(C)S(C)(=O)=O)c2)c2ccccc2Cl)cc1. The van der Waals surface area contributed by atoms with Crippen molar-refractivity contribution < 1.29 is 21.6 Å². The Morgan fingerprint density at radius 3 is 2.21 bits per heavy atom. The number of halogens is 1. The van der Waals surface area contributed by atoms with Crippen LogP contribution in [0.1, 0.15) is 5.56 Å². The minimum Gasteiger partial charge on any atom is -0.324 e. The molecule has 0 aliphatic heterocycles. The number of para-hydroxylation sites is 1. The van der Waals surface area contributed by atoms with Gasteiger partial charge in [-0.25, -0.2) is 16.8 Å². The van der Waals surface area contributed by atoms with E-state index in [1.54, 1.807) is 42.5 Å². The molecule has 0 unspecified atom stereocenters. The molecule has 8 nitrogen and oxygen atoms in total. The largest absolute Gasteiger partial charge is 0.324 e. The summed E-state index contributed by atoms with van der Waals surface area (Å²) >= 11 is 6.28. The molecule has 0 saturated heterocycles. The molecule has 0 heterocycles. The zero-order valence-corrected chi connectivity index (χ0v) is 21.2. The highest BCUT2D eigenvalue weighted by Crippen LogP contribution is 2.30. The van der Waals surface area contributed by atoms with E-state index in [-0.39, 0.29) is 15.6 Å². The topological polar surface area (TPSA) is 104 Å². The summed E-state index contributed by atoms with van der Waals surface area (Å²) in [6, 6.07) is 18.8. The predicted molar refractivity (Wildman–Crippen MR) is 135 cm³/mol. The third-order valence-corrected chi connectivity index (χ3v) is 8.31. The first kappa shape index (κ1) is 25.5. The molecule has 0 saturated carbocycles. The van der Waals surface area contributed by atoms with Crippen LogP contribution in [0.25, 0.3) is 0 Å². The van der Waals surface area contributed by atoms with E-state index >= 15 is 0 Å². The lowest BCUT2D eigenvalue weighted by Crippen LogP contribution is -2.38. The predicted octanol–water partition coefficient (Wildman–Crippen LogP) is 3.88. The Balaban J connectivity index is 1.93. The smallest absolute Gasteiger partial charge is 0.264 e. The summed E-state index contributed by atoms with van der Waals surface area (Å²) in [5.41, 5.74) is 1.70. The molecule has 3 aromatic carbocycles. The molecule has 1 N–H and O–H groups in total. The number of carbonyl (C=O) groups excluding carboxylic acids is 1. The Labute approximate surface area is 204 Å². The first-order valence-corrected chi connectivity index (χ1v) is 13.7. The molecule has 3 rings (SSSR count). The lowest BCUT2D eigenvalue weighted by Gasteiger charge is -2.25. The standard InChI is InChI=1S/C23H24ClN3O5S2/c1-17-11-13-20(14-12-17)34(31,32)27(22-10-5-4-9-21(22)24)16-23(28)25-18-7-6-8-19(15-18)26(2)33(3,29)30/h4-15H,16H2,1-3H3,(H,25,28). The van der Waals surface area contributed by atoms with Crippen molar-refractivity contribution in [1.29, 1.82) is 0 Å². The molecule has 0 atom stereocenters. The van der Waals surface area contributed by atoms with Crippen LogP contribution in [0.4, 0.5) is 17.1 Å². The number of nitrogens with one attached hydrogen (secondary N) is 1. The van der Waals surface area contributed by atoms with Gasteiger partial charge in [-0.15, -0.1) is 0 Å². The molecule has 180 valence electrons. The molecular formula is C23H24ClN3O5S2. The molecule has 34 heavy (non-hydrogen) atoms. The van der Waals surface area contributed by atoms with Crippen molar-refractivity contribution in [2.75, 3.05) is 33.8 Å². The van der Waals surface area contributed by atoms with Gasteiger partial charge in [-0.05, 0) is 49.4 Å². The monoisotopic (exact) mass is 521 g/mol. The van der Waals surface area contributed by atoms with E-state index in [1.165, 1.54) is 37.4 Å². The second-order valence-corrected chi connectivity index (χ2v) is 11.9. The zero-order chi connectivity index (χ0) is 25.1. The first-order valence-electron chi connectivity index (χ1n) is 10.1. The molecule has 0 spiro atoms. The lowest BCUT2D eigenvalue weighted by molar-refractivity contribution is -0.114. The number of nitrogens with zero attached hydrogens (tertiary/aromatic N) is 2. The number of aryl methyl sites for hydroxylation is 1. The highest BCUT2D eigenvalue weighted by atomic mass is 35.5. The Bertz CT molecular complexity index is 1410. The number of rotatable bonds is 8. The molecule has 0 aliphatic rings. The van der Waals surface area contributed by atoms with Crippen molar-refractivity contribution in [3.8, 4) is 0 Å². The quantitative estimate of drug-likeness (QED) is 0.484. The van der Waals surface area contributed by atoms with Gasteiger partial charge in [0.1, 0.15) is 6.54 Å². The van der Waals surface area contributed by atoms with Crippen LogP contribution >= 0.6 is 11.6 Å². The highest BCUT2D eigenvalue weighted by Gasteiger charge is 2.28. The van der Waals surface area contributed by atoms with Crippen molar-refractivity contribution >= 4 is 54.6 Å². The maximum absolute atomic E-state index is 13.5. The molecule has 0 radical (unpaired) electrons. The van der Waals surface area contributed by atoms with Gasteiger partial charge in [0.25, 0.3) is 10.0 Å². The third kappa shape index (κ3) is 5.88. The van der Waals surface area contributed by atoms with E-state index in [4.69, 9.17) is 11.6 Å². The highest BCUT2D eigenvalue weighted by molar-refractivity contribution is 7.93. The molecule has 0 bridgehead atoms. The second-order valence-electron chi connectivity index (χ2n) is 7.61. The van der Waals surface area contributed by atoms with Crippen molar-refractivity contribution in [1.82, 2.24) is 0 Å². The summed E-state index contributed by atoms with van der Waals surface area (Å²) in [5.74, 6) is -0.630. The van der Waals surface area contributed by atoms with Crippen molar-refractivity contribution in [3.05, 3.63) is 83.4 Å². The van der Waals surface area contributed by atoms with Gasteiger partial charge < -0.3 is 5.32 Å². The normalized spacial score (nSPS) is 11.6. The van der Waals surface area contributed by atoms with Crippen molar-refractivity contribution in [2.45, 2.75) is 11.8 Å². The van der Waals surface area contributed by atoms with Crippen LogP contribution in [0.5, 0.6) is 0 Å². The van der Waals surface area contributed by atoms with Crippen LogP contribution in [0.2, 0.25) is 5.02 Å². The van der Waals surface area contributed by atoms with Crippen LogP contribution in [-0.2, 0) is 24.8 Å². The summed E-state index contributed by atoms with van der Waals surface area (Å²) in [7, 11) is -6.22. The maximum atomic E-state index is 13.5. The van der Waals surface area contributed by atoms with Crippen molar-refractivity contribution in [3.63, 3.8) is 0 Å². The Morgan fingerprint density at radius 2 is 1.59 bits per heavy atom. The van der Waals surface area contributed by atoms with Gasteiger partial charge >= 0.3 is 0 Å². The van der Waals surface area contributed by atoms with Crippen LogP contribution < -0.4 is 13.9 Å². The fourth-order valence-electron chi connectivity index (χ4n) is 3.09. The minimum atomic E-state index is -4.12. The fraction of sp³-hybridized carbons (Fsp3) is 0.174. The van der Waals surface area contributed by atoms with E-state index in [2.05, 4.69) is 5.32 Å². The number of anilines is 3. The maximum Gasteiger partial charge on any atom is 0.264 e. The summed E-state index contributed by atoms with van der Waals surface area (Å²) in [6.07, 6.45) is 1.07. The van der Waals surface area contributed by atoms with Gasteiger partial charge in [0.15, 0.2) is 0 Å². The summed E-state index contributed by atoms with van der Waals surface area (Å²) in [6.45, 7) is 1.29. The Kier molecular flexibility index (Phi) is 7.54. The number of benzene rings is 3. The van der Waals surface area contributed by atoms with Gasteiger partial charge in [0.05, 0.1) is 27.5 Å². The summed E-state index contributed by atoms with van der Waals surface area (Å²) < 4.78 is 52.6. The Hall–Kier alpha value is -3.08. The second kappa shape index (κ2) is 10.0. The average molecular weight is 522 g/mol. The zero-order valence-electron chi connectivity index (χ0n) is 18.8. The number of carbonyl (C=O) groups is 1. The number of amides is 1. The van der Waals surface area contributed by atoms with Gasteiger partial charge in [0.2, 0.25) is 15.9 Å². The van der Waals surface area contributed by atoms with E-state index in [9.17, 15) is 21.6 Å².